The molecule has 1 aliphatic rings. The fourth-order valence-corrected chi connectivity index (χ4v) is 4.32. The molecule has 2 aromatic carbocycles. The molecular weight excluding hydrogens is 336 g/mol. The maximum absolute atomic E-state index is 13.6. The van der Waals surface area contributed by atoms with Gasteiger partial charge in [-0.3, -0.25) is 0 Å². The maximum atomic E-state index is 13.6. The van der Waals surface area contributed by atoms with Crippen LogP contribution in [-0.2, 0) is 14.7 Å². The Balaban J connectivity index is 1.95. The average molecular weight is 356 g/mol. The molecule has 0 saturated carbocycles. The number of benzene rings is 2. The van der Waals surface area contributed by atoms with Gasteiger partial charge in [0.1, 0.15) is 5.75 Å². The van der Waals surface area contributed by atoms with Crippen molar-refractivity contribution >= 4 is 9.92 Å². The lowest BCUT2D eigenvalue weighted by Gasteiger charge is -2.28. The molecule has 25 heavy (non-hydrogen) atoms. The van der Waals surface area contributed by atoms with E-state index >= 15 is 0 Å². The number of hydrogen-bond acceptors (Lipinski definition) is 4. The van der Waals surface area contributed by atoms with Crippen LogP contribution in [0.5, 0.6) is 5.75 Å². The van der Waals surface area contributed by atoms with E-state index in [4.69, 9.17) is 9.47 Å². The zero-order chi connectivity index (χ0) is 17.5. The Morgan fingerprint density at radius 1 is 1.08 bits per heavy atom. The lowest BCUT2D eigenvalue weighted by molar-refractivity contribution is 0.0745. The van der Waals surface area contributed by atoms with E-state index in [1.807, 2.05) is 58.9 Å². The van der Waals surface area contributed by atoms with E-state index in [0.717, 1.165) is 11.3 Å². The minimum Gasteiger partial charge on any atom is -0.497 e. The molecular formula is C19H20N2O3S. The van der Waals surface area contributed by atoms with E-state index in [0.29, 0.717) is 31.2 Å². The highest BCUT2D eigenvalue weighted by Gasteiger charge is 2.24. The molecule has 2 aromatic rings. The predicted molar refractivity (Wildman–Crippen MR) is 97.5 cm³/mol. The first-order chi connectivity index (χ1) is 12.2. The van der Waals surface area contributed by atoms with Gasteiger partial charge in [-0.25, -0.2) is 8.51 Å². The fraction of sp³-hybridized carbons (Fsp3) is 0.263. The Labute approximate surface area is 148 Å². The van der Waals surface area contributed by atoms with Gasteiger partial charge in [0.25, 0.3) is 0 Å². The third kappa shape index (κ3) is 4.20. The van der Waals surface area contributed by atoms with Gasteiger partial charge in [0.15, 0.2) is 9.92 Å². The van der Waals surface area contributed by atoms with Crippen LogP contribution >= 0.6 is 0 Å². The Morgan fingerprint density at radius 2 is 1.76 bits per heavy atom. The van der Waals surface area contributed by atoms with Crippen molar-refractivity contribution < 1.29 is 13.7 Å². The van der Waals surface area contributed by atoms with Crippen molar-refractivity contribution in [3.8, 4) is 17.7 Å². The van der Waals surface area contributed by atoms with Crippen molar-refractivity contribution in [2.75, 3.05) is 33.4 Å². The Hall–Kier alpha value is -2.33. The largest absolute Gasteiger partial charge is 0.497 e. The van der Waals surface area contributed by atoms with Crippen molar-refractivity contribution in [3.63, 3.8) is 0 Å². The van der Waals surface area contributed by atoms with Crippen molar-refractivity contribution in [1.29, 1.82) is 0 Å². The summed E-state index contributed by atoms with van der Waals surface area (Å²) in [6, 6.07) is 19.4. The van der Waals surface area contributed by atoms with Crippen LogP contribution in [0, 0.1) is 12.0 Å². The number of nitrogens with zero attached hydrogens (tertiary/aromatic N) is 2. The van der Waals surface area contributed by atoms with Crippen molar-refractivity contribution in [2.24, 2.45) is 4.36 Å². The summed E-state index contributed by atoms with van der Waals surface area (Å²) in [7, 11) is -1.15. The minimum absolute atomic E-state index is 0.547. The summed E-state index contributed by atoms with van der Waals surface area (Å²) in [5, 5.41) is 0. The summed E-state index contributed by atoms with van der Waals surface area (Å²) in [6.45, 7) is 2.24. The van der Waals surface area contributed by atoms with Gasteiger partial charge < -0.3 is 9.47 Å². The van der Waals surface area contributed by atoms with Gasteiger partial charge in [-0.05, 0) is 42.3 Å². The maximum Gasteiger partial charge on any atom is 0.152 e. The second-order valence-corrected chi connectivity index (χ2v) is 7.57. The highest BCUT2D eigenvalue weighted by molar-refractivity contribution is 7.91. The van der Waals surface area contributed by atoms with E-state index < -0.39 is 9.92 Å². The molecule has 1 saturated heterocycles. The first kappa shape index (κ1) is 17.5. The van der Waals surface area contributed by atoms with E-state index in [-0.39, 0.29) is 0 Å². The Bertz CT molecular complexity index is 870. The summed E-state index contributed by atoms with van der Waals surface area (Å²) in [5.74, 6) is 3.72. The molecule has 1 aliphatic heterocycles. The van der Waals surface area contributed by atoms with Gasteiger partial charge in [0.2, 0.25) is 0 Å². The van der Waals surface area contributed by atoms with Crippen molar-refractivity contribution in [1.82, 2.24) is 4.31 Å². The van der Waals surface area contributed by atoms with E-state index in [1.54, 1.807) is 7.11 Å². The van der Waals surface area contributed by atoms with Crippen LogP contribution in [0.1, 0.15) is 5.56 Å². The van der Waals surface area contributed by atoms with Crippen LogP contribution < -0.4 is 4.74 Å². The van der Waals surface area contributed by atoms with E-state index in [2.05, 4.69) is 16.3 Å². The molecule has 6 heteroatoms. The quantitative estimate of drug-likeness (QED) is 0.795. The molecule has 0 aromatic heterocycles. The van der Waals surface area contributed by atoms with Crippen LogP contribution in [0.15, 0.2) is 63.9 Å². The molecule has 1 fully saturated rings. The first-order valence-corrected chi connectivity index (χ1v) is 9.49. The third-order valence-corrected chi connectivity index (χ3v) is 6.12. The molecule has 0 N–H and O–H groups in total. The number of hydrogen-bond donors (Lipinski definition) is 0. The molecule has 0 radical (unpaired) electrons. The molecule has 1 atom stereocenters. The standard InChI is InChI=1S/C19H20N2O3S/c1-23-18-9-7-17(8-10-18)11-12-20-25(22,19-5-3-2-4-6-19)21-13-15-24-16-14-21/h2-10H,13-16H2,1H3. The summed E-state index contributed by atoms with van der Waals surface area (Å²) < 4.78 is 30.3. The molecule has 130 valence electrons. The summed E-state index contributed by atoms with van der Waals surface area (Å²) >= 11 is 0. The normalized spacial score (nSPS) is 17.0. The van der Waals surface area contributed by atoms with Crippen LogP contribution in [0.4, 0.5) is 0 Å². The smallest absolute Gasteiger partial charge is 0.152 e. The van der Waals surface area contributed by atoms with Gasteiger partial charge in [0.05, 0.1) is 31.3 Å². The molecule has 0 spiro atoms. The fourth-order valence-electron chi connectivity index (χ4n) is 2.47. The summed E-state index contributed by atoms with van der Waals surface area (Å²) in [5.41, 5.74) is 0.793. The van der Waals surface area contributed by atoms with E-state index in [1.165, 1.54) is 0 Å². The second-order valence-electron chi connectivity index (χ2n) is 5.41. The van der Waals surface area contributed by atoms with Crippen LogP contribution in [0.3, 0.4) is 0 Å². The molecule has 0 aliphatic carbocycles. The average Bonchev–Trinajstić information content (AvgIpc) is 2.70. The number of morpholine rings is 1. The van der Waals surface area contributed by atoms with Gasteiger partial charge in [-0.15, -0.1) is 4.36 Å². The Morgan fingerprint density at radius 3 is 2.40 bits per heavy atom. The van der Waals surface area contributed by atoms with Crippen molar-refractivity contribution in [2.45, 2.75) is 4.90 Å². The Kier molecular flexibility index (Phi) is 5.71. The van der Waals surface area contributed by atoms with Crippen LogP contribution in [0.2, 0.25) is 0 Å². The van der Waals surface area contributed by atoms with Crippen LogP contribution in [-0.4, -0.2) is 41.9 Å². The predicted octanol–water partition coefficient (Wildman–Crippen LogP) is 2.78. The highest BCUT2D eigenvalue weighted by Crippen LogP contribution is 2.19. The van der Waals surface area contributed by atoms with E-state index in [9.17, 15) is 4.21 Å². The first-order valence-electron chi connectivity index (χ1n) is 8.01. The highest BCUT2D eigenvalue weighted by atomic mass is 32.2. The molecule has 5 nitrogen and oxygen atoms in total. The molecule has 1 heterocycles. The number of methoxy groups -OCH3 is 1. The lowest BCUT2D eigenvalue weighted by atomic mass is 10.2. The molecule has 0 bridgehead atoms. The SMILES string of the molecule is COc1ccc(C#CN=S(=O)(c2ccccc2)N2CCOCC2)cc1. The van der Waals surface area contributed by atoms with Gasteiger partial charge in [-0.2, -0.15) is 0 Å². The zero-order valence-corrected chi connectivity index (χ0v) is 14.9. The summed E-state index contributed by atoms with van der Waals surface area (Å²) in [4.78, 5) is 0.668. The minimum atomic E-state index is -2.77. The molecule has 0 amide bonds. The number of rotatable bonds is 3. The number of ether oxygens (including phenoxy) is 2. The summed E-state index contributed by atoms with van der Waals surface area (Å²) in [6.07, 6.45) is 0. The van der Waals surface area contributed by atoms with Crippen molar-refractivity contribution in [3.05, 3.63) is 60.2 Å². The van der Waals surface area contributed by atoms with Gasteiger partial charge >= 0.3 is 0 Å². The monoisotopic (exact) mass is 356 g/mol. The third-order valence-electron chi connectivity index (χ3n) is 3.83. The van der Waals surface area contributed by atoms with Gasteiger partial charge in [0, 0.05) is 18.7 Å². The topological polar surface area (TPSA) is 51.1 Å². The lowest BCUT2D eigenvalue weighted by Crippen LogP contribution is -2.40. The molecule has 3 rings (SSSR count). The molecule has 1 unspecified atom stereocenters. The second kappa shape index (κ2) is 8.17. The van der Waals surface area contributed by atoms with Gasteiger partial charge in [-0.1, -0.05) is 18.2 Å². The van der Waals surface area contributed by atoms with Crippen LogP contribution in [0.25, 0.3) is 0 Å². The zero-order valence-electron chi connectivity index (χ0n) is 14.1.